The summed E-state index contributed by atoms with van der Waals surface area (Å²) >= 11 is 0. The summed E-state index contributed by atoms with van der Waals surface area (Å²) in [6.45, 7) is 4.09. The van der Waals surface area contributed by atoms with Crippen molar-refractivity contribution in [1.29, 1.82) is 0 Å². The average molecular weight is 212 g/mol. The predicted molar refractivity (Wildman–Crippen MR) is 57.7 cm³/mol. The number of rotatable bonds is 3. The molecule has 0 aliphatic carbocycles. The predicted octanol–water partition coefficient (Wildman–Crippen LogP) is 0.377. The molecule has 4 nitrogen and oxygen atoms in total. The van der Waals surface area contributed by atoms with E-state index >= 15 is 0 Å². The molecule has 15 heavy (non-hydrogen) atoms. The normalized spacial score (nSPS) is 26.9. The number of nitrogens with zero attached hydrogens (tertiary/aromatic N) is 1. The van der Waals surface area contributed by atoms with Gasteiger partial charge in [-0.15, -0.1) is 0 Å². The third-order valence-corrected chi connectivity index (χ3v) is 3.15. The number of nitrogens with one attached hydrogen (secondary N) is 1. The van der Waals surface area contributed by atoms with E-state index in [1.54, 1.807) is 0 Å². The van der Waals surface area contributed by atoms with Gasteiger partial charge in [0.1, 0.15) is 6.61 Å². The van der Waals surface area contributed by atoms with Crippen molar-refractivity contribution in [1.82, 2.24) is 10.2 Å². The van der Waals surface area contributed by atoms with Crippen LogP contribution in [0, 0.1) is 0 Å². The minimum Gasteiger partial charge on any atom is -0.367 e. The van der Waals surface area contributed by atoms with Gasteiger partial charge in [-0.1, -0.05) is 0 Å². The second-order valence-electron chi connectivity index (χ2n) is 4.37. The zero-order valence-electron chi connectivity index (χ0n) is 9.21. The number of carbonyl (C=O) groups is 1. The highest BCUT2D eigenvalue weighted by atomic mass is 16.5. The van der Waals surface area contributed by atoms with Gasteiger partial charge in [0.25, 0.3) is 0 Å². The third kappa shape index (κ3) is 3.18. The lowest BCUT2D eigenvalue weighted by Gasteiger charge is -2.24. The number of carbonyl (C=O) groups excluding carboxylic acids is 1. The van der Waals surface area contributed by atoms with E-state index in [2.05, 4.69) is 5.32 Å². The highest BCUT2D eigenvalue weighted by Gasteiger charge is 2.20. The molecule has 0 spiro atoms. The Morgan fingerprint density at radius 1 is 1.33 bits per heavy atom. The molecule has 2 rings (SSSR count). The Labute approximate surface area is 91.0 Å². The maximum atomic E-state index is 11.7. The molecular formula is C11H20N2O2. The molecule has 2 fully saturated rings. The molecule has 2 heterocycles. The summed E-state index contributed by atoms with van der Waals surface area (Å²) in [6.07, 6.45) is 4.78. The lowest BCUT2D eigenvalue weighted by molar-refractivity contribution is -0.137. The molecular weight excluding hydrogens is 192 g/mol. The molecule has 2 saturated heterocycles. The van der Waals surface area contributed by atoms with Gasteiger partial charge < -0.3 is 15.0 Å². The second kappa shape index (κ2) is 5.47. The standard InChI is InChI=1S/C11H20N2O2/c14-11(13-6-1-2-7-13)9-15-10-4-3-5-12-8-10/h10,12H,1-9H2. The lowest BCUT2D eigenvalue weighted by atomic mass is 10.1. The summed E-state index contributed by atoms with van der Waals surface area (Å²) in [6, 6.07) is 0. The Kier molecular flexibility index (Phi) is 3.97. The Morgan fingerprint density at radius 3 is 2.80 bits per heavy atom. The Balaban J connectivity index is 1.65. The average Bonchev–Trinajstić information content (AvgIpc) is 2.81. The maximum Gasteiger partial charge on any atom is 0.248 e. The van der Waals surface area contributed by atoms with E-state index in [9.17, 15) is 4.79 Å². The van der Waals surface area contributed by atoms with Crippen LogP contribution in [0.25, 0.3) is 0 Å². The molecule has 86 valence electrons. The smallest absolute Gasteiger partial charge is 0.248 e. The van der Waals surface area contributed by atoms with Gasteiger partial charge in [-0.3, -0.25) is 4.79 Å². The second-order valence-corrected chi connectivity index (χ2v) is 4.37. The van der Waals surface area contributed by atoms with Crippen molar-refractivity contribution in [2.24, 2.45) is 0 Å². The molecule has 0 aromatic carbocycles. The molecule has 1 unspecified atom stereocenters. The van der Waals surface area contributed by atoms with Crippen LogP contribution >= 0.6 is 0 Å². The van der Waals surface area contributed by atoms with Crippen molar-refractivity contribution in [3.05, 3.63) is 0 Å². The van der Waals surface area contributed by atoms with Crippen LogP contribution in [0.5, 0.6) is 0 Å². The van der Waals surface area contributed by atoms with Gasteiger partial charge in [0.15, 0.2) is 0 Å². The fourth-order valence-electron chi connectivity index (χ4n) is 2.21. The topological polar surface area (TPSA) is 41.6 Å². The summed E-state index contributed by atoms with van der Waals surface area (Å²) in [5.41, 5.74) is 0. The van der Waals surface area contributed by atoms with Gasteiger partial charge in [0, 0.05) is 19.6 Å². The molecule has 0 aromatic heterocycles. The van der Waals surface area contributed by atoms with E-state index in [1.807, 2.05) is 4.90 Å². The van der Waals surface area contributed by atoms with Crippen molar-refractivity contribution in [2.45, 2.75) is 31.8 Å². The molecule has 4 heteroatoms. The van der Waals surface area contributed by atoms with Gasteiger partial charge in [-0.2, -0.15) is 0 Å². The van der Waals surface area contributed by atoms with E-state index in [4.69, 9.17) is 4.74 Å². The van der Waals surface area contributed by atoms with E-state index in [-0.39, 0.29) is 18.6 Å². The number of hydrogen-bond acceptors (Lipinski definition) is 3. The first-order valence-electron chi connectivity index (χ1n) is 5.96. The fraction of sp³-hybridized carbons (Fsp3) is 0.909. The monoisotopic (exact) mass is 212 g/mol. The van der Waals surface area contributed by atoms with E-state index < -0.39 is 0 Å². The maximum absolute atomic E-state index is 11.7. The van der Waals surface area contributed by atoms with Gasteiger partial charge in [0.2, 0.25) is 5.91 Å². The number of amides is 1. The van der Waals surface area contributed by atoms with Crippen LogP contribution < -0.4 is 5.32 Å². The third-order valence-electron chi connectivity index (χ3n) is 3.15. The summed E-state index contributed by atoms with van der Waals surface area (Å²) in [4.78, 5) is 13.6. The van der Waals surface area contributed by atoms with Crippen LogP contribution in [0.1, 0.15) is 25.7 Å². The first kappa shape index (κ1) is 10.9. The molecule has 1 N–H and O–H groups in total. The molecule has 0 aromatic rings. The van der Waals surface area contributed by atoms with Gasteiger partial charge in [-0.25, -0.2) is 0 Å². The number of piperidine rings is 1. The molecule has 0 radical (unpaired) electrons. The Bertz CT molecular complexity index is 209. The van der Waals surface area contributed by atoms with Crippen LogP contribution in [-0.4, -0.2) is 49.7 Å². The van der Waals surface area contributed by atoms with Crippen LogP contribution in [0.2, 0.25) is 0 Å². The molecule has 0 saturated carbocycles. The van der Waals surface area contributed by atoms with Crippen molar-refractivity contribution < 1.29 is 9.53 Å². The van der Waals surface area contributed by atoms with Gasteiger partial charge in [0.05, 0.1) is 6.10 Å². The first-order chi connectivity index (χ1) is 7.36. The Hall–Kier alpha value is -0.610. The van der Waals surface area contributed by atoms with E-state index in [0.29, 0.717) is 0 Å². The summed E-state index contributed by atoms with van der Waals surface area (Å²) in [5.74, 6) is 0.165. The molecule has 0 bridgehead atoms. The summed E-state index contributed by atoms with van der Waals surface area (Å²) in [7, 11) is 0. The zero-order valence-corrected chi connectivity index (χ0v) is 9.21. The van der Waals surface area contributed by atoms with Crippen LogP contribution in [0.3, 0.4) is 0 Å². The van der Waals surface area contributed by atoms with E-state index in [0.717, 1.165) is 51.9 Å². The van der Waals surface area contributed by atoms with E-state index in [1.165, 1.54) is 0 Å². The molecule has 1 atom stereocenters. The summed E-state index contributed by atoms with van der Waals surface area (Å²) < 4.78 is 5.60. The lowest BCUT2D eigenvalue weighted by Crippen LogP contribution is -2.38. The van der Waals surface area contributed by atoms with Crippen molar-refractivity contribution >= 4 is 5.91 Å². The fourth-order valence-corrected chi connectivity index (χ4v) is 2.21. The summed E-state index contributed by atoms with van der Waals surface area (Å²) in [5, 5.41) is 3.28. The van der Waals surface area contributed by atoms with Gasteiger partial charge in [-0.05, 0) is 32.2 Å². The molecule has 1 amide bonds. The largest absolute Gasteiger partial charge is 0.367 e. The number of hydrogen-bond donors (Lipinski definition) is 1. The molecule has 2 aliphatic heterocycles. The highest BCUT2D eigenvalue weighted by molar-refractivity contribution is 5.77. The quantitative estimate of drug-likeness (QED) is 0.735. The number of ether oxygens (including phenoxy) is 1. The number of likely N-dealkylation sites (tertiary alicyclic amines) is 1. The first-order valence-corrected chi connectivity index (χ1v) is 5.96. The zero-order chi connectivity index (χ0) is 10.5. The van der Waals surface area contributed by atoms with Crippen molar-refractivity contribution in [2.75, 3.05) is 32.8 Å². The van der Waals surface area contributed by atoms with Crippen LogP contribution in [0.15, 0.2) is 0 Å². The molecule has 2 aliphatic rings. The van der Waals surface area contributed by atoms with Crippen molar-refractivity contribution in [3.63, 3.8) is 0 Å². The van der Waals surface area contributed by atoms with Crippen LogP contribution in [0.4, 0.5) is 0 Å². The van der Waals surface area contributed by atoms with Crippen LogP contribution in [-0.2, 0) is 9.53 Å². The SMILES string of the molecule is O=C(COC1CCCNC1)N1CCCC1. The highest BCUT2D eigenvalue weighted by Crippen LogP contribution is 2.09. The van der Waals surface area contributed by atoms with Crippen molar-refractivity contribution in [3.8, 4) is 0 Å². The minimum atomic E-state index is 0.165. The minimum absolute atomic E-state index is 0.165. The van der Waals surface area contributed by atoms with Gasteiger partial charge >= 0.3 is 0 Å². The Morgan fingerprint density at radius 2 is 2.13 bits per heavy atom.